The van der Waals surface area contributed by atoms with Crippen LogP contribution in [0.25, 0.3) is 22.4 Å². The van der Waals surface area contributed by atoms with Gasteiger partial charge in [0.25, 0.3) is 0 Å². The molecule has 0 aliphatic heterocycles. The first kappa shape index (κ1) is 18.9. The van der Waals surface area contributed by atoms with Gasteiger partial charge in [0.05, 0.1) is 5.69 Å². The lowest BCUT2D eigenvalue weighted by molar-refractivity contribution is -0.274. The molecule has 1 aromatic heterocycles. The van der Waals surface area contributed by atoms with E-state index in [-0.39, 0.29) is 5.75 Å². The molecule has 0 atom stereocenters. The first-order valence-electron chi connectivity index (χ1n) is 9.15. The molecule has 0 saturated carbocycles. The number of benzene rings is 3. The molecule has 0 unspecified atom stereocenters. The van der Waals surface area contributed by atoms with E-state index in [4.69, 9.17) is 0 Å². The Balaban J connectivity index is 1.68. The summed E-state index contributed by atoms with van der Waals surface area (Å²) in [5, 5.41) is 0. The second kappa shape index (κ2) is 7.87. The van der Waals surface area contributed by atoms with Crippen molar-refractivity contribution in [2.24, 2.45) is 0 Å². The lowest BCUT2D eigenvalue weighted by Gasteiger charge is -2.11. The average Bonchev–Trinajstić information content (AvgIpc) is 3.13. The number of nitrogens with one attached hydrogen (secondary N) is 1. The van der Waals surface area contributed by atoms with Gasteiger partial charge in [-0.05, 0) is 40.8 Å². The van der Waals surface area contributed by atoms with Crippen molar-refractivity contribution >= 4 is 0 Å². The van der Waals surface area contributed by atoms with Crippen molar-refractivity contribution in [1.82, 2.24) is 4.98 Å². The van der Waals surface area contributed by atoms with Crippen LogP contribution >= 0.6 is 0 Å². The highest BCUT2D eigenvalue weighted by Gasteiger charge is 2.31. The standard InChI is InChI=1S/C24H18F3NO/c25-24(26,27)29-21-13-11-17(12-14-21)15-20-16-28-23(19-9-5-2-6-10-19)22(20)18-7-3-1-4-8-18/h1-14,16,28H,15H2. The van der Waals surface area contributed by atoms with Crippen LogP contribution in [0.4, 0.5) is 13.2 Å². The van der Waals surface area contributed by atoms with E-state index in [9.17, 15) is 13.2 Å². The number of halogens is 3. The maximum atomic E-state index is 12.4. The Morgan fingerprint density at radius 2 is 1.31 bits per heavy atom. The fourth-order valence-electron chi connectivity index (χ4n) is 3.40. The lowest BCUT2D eigenvalue weighted by Crippen LogP contribution is -2.17. The zero-order chi connectivity index (χ0) is 20.3. The molecule has 0 aliphatic rings. The Bertz CT molecular complexity index is 1070. The van der Waals surface area contributed by atoms with Crippen LogP contribution in [-0.4, -0.2) is 11.3 Å². The number of hydrogen-bond acceptors (Lipinski definition) is 1. The second-order valence-electron chi connectivity index (χ2n) is 6.66. The fourth-order valence-corrected chi connectivity index (χ4v) is 3.40. The molecule has 0 fully saturated rings. The summed E-state index contributed by atoms with van der Waals surface area (Å²) in [5.41, 5.74) is 6.23. The maximum absolute atomic E-state index is 12.4. The van der Waals surface area contributed by atoms with E-state index in [2.05, 4.69) is 21.9 Å². The van der Waals surface area contributed by atoms with Gasteiger partial charge in [0.2, 0.25) is 0 Å². The molecule has 29 heavy (non-hydrogen) atoms. The van der Waals surface area contributed by atoms with Gasteiger partial charge in [0.1, 0.15) is 5.75 Å². The second-order valence-corrected chi connectivity index (χ2v) is 6.66. The lowest BCUT2D eigenvalue weighted by atomic mass is 9.94. The monoisotopic (exact) mass is 393 g/mol. The number of H-pyrrole nitrogens is 1. The molecule has 2 nitrogen and oxygen atoms in total. The number of hydrogen-bond donors (Lipinski definition) is 1. The molecule has 1 N–H and O–H groups in total. The Kier molecular flexibility index (Phi) is 5.12. The minimum absolute atomic E-state index is 0.219. The Morgan fingerprint density at radius 3 is 1.90 bits per heavy atom. The quantitative estimate of drug-likeness (QED) is 0.395. The van der Waals surface area contributed by atoms with Crippen molar-refractivity contribution in [1.29, 1.82) is 0 Å². The van der Waals surface area contributed by atoms with Crippen LogP contribution in [-0.2, 0) is 6.42 Å². The smallest absolute Gasteiger partial charge is 0.406 e. The van der Waals surface area contributed by atoms with Crippen molar-refractivity contribution < 1.29 is 17.9 Å². The van der Waals surface area contributed by atoms with Crippen molar-refractivity contribution in [2.45, 2.75) is 12.8 Å². The summed E-state index contributed by atoms with van der Waals surface area (Å²) < 4.78 is 41.1. The minimum Gasteiger partial charge on any atom is -0.406 e. The summed E-state index contributed by atoms with van der Waals surface area (Å²) in [7, 11) is 0. The molecule has 4 rings (SSSR count). The topological polar surface area (TPSA) is 25.0 Å². The van der Waals surface area contributed by atoms with Gasteiger partial charge < -0.3 is 9.72 Å². The minimum atomic E-state index is -4.69. The number of alkyl halides is 3. The van der Waals surface area contributed by atoms with E-state index in [1.54, 1.807) is 12.1 Å². The number of rotatable bonds is 5. The van der Waals surface area contributed by atoms with Crippen LogP contribution < -0.4 is 4.74 Å². The van der Waals surface area contributed by atoms with Gasteiger partial charge >= 0.3 is 6.36 Å². The summed E-state index contributed by atoms with van der Waals surface area (Å²) in [6.45, 7) is 0. The van der Waals surface area contributed by atoms with Gasteiger partial charge in [0.15, 0.2) is 0 Å². The molecule has 0 aliphatic carbocycles. The van der Waals surface area contributed by atoms with Gasteiger partial charge in [-0.3, -0.25) is 0 Å². The van der Waals surface area contributed by atoms with Crippen molar-refractivity contribution in [2.75, 3.05) is 0 Å². The SMILES string of the molecule is FC(F)(F)Oc1ccc(Cc2c[nH]c(-c3ccccc3)c2-c2ccccc2)cc1. The van der Waals surface area contributed by atoms with Crippen LogP contribution in [0.15, 0.2) is 91.1 Å². The van der Waals surface area contributed by atoms with Crippen LogP contribution in [0, 0.1) is 0 Å². The first-order chi connectivity index (χ1) is 14.0. The third kappa shape index (κ3) is 4.51. The third-order valence-corrected chi connectivity index (χ3v) is 4.64. The van der Waals surface area contributed by atoms with Gasteiger partial charge in [-0.15, -0.1) is 13.2 Å². The molecule has 3 aromatic carbocycles. The third-order valence-electron chi connectivity index (χ3n) is 4.64. The molecule has 0 saturated heterocycles. The largest absolute Gasteiger partial charge is 0.573 e. The van der Waals surface area contributed by atoms with Gasteiger partial charge in [-0.2, -0.15) is 0 Å². The zero-order valence-electron chi connectivity index (χ0n) is 15.4. The molecule has 5 heteroatoms. The van der Waals surface area contributed by atoms with E-state index < -0.39 is 6.36 Å². The van der Waals surface area contributed by atoms with E-state index in [0.29, 0.717) is 6.42 Å². The van der Waals surface area contributed by atoms with Crippen molar-refractivity contribution in [3.8, 4) is 28.1 Å². The fraction of sp³-hybridized carbons (Fsp3) is 0.0833. The molecule has 146 valence electrons. The van der Waals surface area contributed by atoms with E-state index in [0.717, 1.165) is 33.5 Å². The summed E-state index contributed by atoms with van der Waals surface area (Å²) in [5.74, 6) is -0.219. The number of ether oxygens (including phenoxy) is 1. The van der Waals surface area contributed by atoms with Gasteiger partial charge in [-0.25, -0.2) is 0 Å². The molecule has 1 heterocycles. The van der Waals surface area contributed by atoms with Gasteiger partial charge in [0, 0.05) is 11.8 Å². The summed E-state index contributed by atoms with van der Waals surface area (Å²) >= 11 is 0. The molecule has 4 aromatic rings. The van der Waals surface area contributed by atoms with E-state index in [1.165, 1.54) is 12.1 Å². The molecular formula is C24H18F3NO. The molecular weight excluding hydrogens is 375 g/mol. The molecule has 0 radical (unpaired) electrons. The first-order valence-corrected chi connectivity index (χ1v) is 9.15. The van der Waals surface area contributed by atoms with Crippen molar-refractivity contribution in [3.63, 3.8) is 0 Å². The summed E-state index contributed by atoms with van der Waals surface area (Å²) in [4.78, 5) is 3.38. The normalized spacial score (nSPS) is 11.4. The van der Waals surface area contributed by atoms with Crippen molar-refractivity contribution in [3.05, 3.63) is 102 Å². The maximum Gasteiger partial charge on any atom is 0.573 e. The predicted octanol–water partition coefficient (Wildman–Crippen LogP) is 6.84. The average molecular weight is 393 g/mol. The van der Waals surface area contributed by atoms with E-state index >= 15 is 0 Å². The van der Waals surface area contributed by atoms with Crippen LogP contribution in [0.1, 0.15) is 11.1 Å². The molecule has 0 amide bonds. The zero-order valence-corrected chi connectivity index (χ0v) is 15.4. The van der Waals surface area contributed by atoms with Crippen LogP contribution in [0.3, 0.4) is 0 Å². The number of aromatic amines is 1. The van der Waals surface area contributed by atoms with Crippen LogP contribution in [0.5, 0.6) is 5.75 Å². The Labute approximate surface area is 166 Å². The Morgan fingerprint density at radius 1 is 0.724 bits per heavy atom. The predicted molar refractivity (Wildman–Crippen MR) is 108 cm³/mol. The highest BCUT2D eigenvalue weighted by Crippen LogP contribution is 2.35. The summed E-state index contributed by atoms with van der Waals surface area (Å²) in [6, 6.07) is 26.1. The highest BCUT2D eigenvalue weighted by molar-refractivity contribution is 5.84. The summed E-state index contributed by atoms with van der Waals surface area (Å²) in [6.07, 6.45) is -2.14. The van der Waals surface area contributed by atoms with Gasteiger partial charge in [-0.1, -0.05) is 72.8 Å². The van der Waals surface area contributed by atoms with E-state index in [1.807, 2.05) is 54.7 Å². The Hall–Kier alpha value is -3.47. The highest BCUT2D eigenvalue weighted by atomic mass is 19.4. The molecule has 0 spiro atoms. The number of aromatic nitrogens is 1. The van der Waals surface area contributed by atoms with Crippen LogP contribution in [0.2, 0.25) is 0 Å². The molecule has 0 bridgehead atoms.